The van der Waals surface area contributed by atoms with E-state index in [1.165, 1.54) is 76.8 Å². The average molecular weight is 785 g/mol. The SMILES string of the molecule is CCCCCCCCCCCCCCCNC(=O)C1[C@@H](O)CN(C)C([C@H](OC2O[C@H](CN)[C@@H](O)[C@H]2O)C2OC(n3ccc(=O)[nH]c3=O)[C@H](O)[C@@H]2O)C(=O)N1C. The van der Waals surface area contributed by atoms with Crippen molar-refractivity contribution in [1.82, 2.24) is 24.7 Å². The maximum Gasteiger partial charge on any atom is 0.330 e. The van der Waals surface area contributed by atoms with Gasteiger partial charge in [-0.3, -0.25) is 28.8 Å². The summed E-state index contributed by atoms with van der Waals surface area (Å²) in [5.41, 5.74) is 4.04. The number of rotatable bonds is 21. The molecule has 3 fully saturated rings. The summed E-state index contributed by atoms with van der Waals surface area (Å²) >= 11 is 0. The van der Waals surface area contributed by atoms with Crippen LogP contribution in [0, 0.1) is 0 Å². The maximum atomic E-state index is 14.3. The fourth-order valence-electron chi connectivity index (χ4n) is 7.82. The van der Waals surface area contributed by atoms with E-state index < -0.39 is 96.5 Å². The summed E-state index contributed by atoms with van der Waals surface area (Å²) in [5.74, 6) is -1.29. The molecule has 0 aliphatic carbocycles. The summed E-state index contributed by atoms with van der Waals surface area (Å²) in [5, 5.41) is 57.8. The number of nitrogens with two attached hydrogens (primary N) is 1. The Labute approximate surface area is 321 Å². The Balaban J connectivity index is 1.41. The topological polar surface area (TPSA) is 262 Å². The Morgan fingerprint density at radius 2 is 1.49 bits per heavy atom. The number of hydrogen-bond acceptors (Lipinski definition) is 14. The van der Waals surface area contributed by atoms with Crippen LogP contribution in [0.5, 0.6) is 0 Å². The number of carbonyl (C=O) groups excluding carboxylic acids is 2. The lowest BCUT2D eigenvalue weighted by atomic mass is 9.97. The van der Waals surface area contributed by atoms with E-state index in [1.54, 1.807) is 0 Å². The van der Waals surface area contributed by atoms with Gasteiger partial charge in [-0.05, 0) is 13.5 Å². The highest BCUT2D eigenvalue weighted by molar-refractivity contribution is 5.91. The molecule has 9 N–H and O–H groups in total. The van der Waals surface area contributed by atoms with Crippen LogP contribution in [-0.2, 0) is 23.8 Å². The van der Waals surface area contributed by atoms with E-state index in [0.29, 0.717) is 6.54 Å². The number of nitrogens with zero attached hydrogens (tertiary/aromatic N) is 3. The summed E-state index contributed by atoms with van der Waals surface area (Å²) in [6.45, 7) is 2.17. The van der Waals surface area contributed by atoms with Gasteiger partial charge >= 0.3 is 5.69 Å². The van der Waals surface area contributed by atoms with E-state index in [4.69, 9.17) is 19.9 Å². The second-order valence-electron chi connectivity index (χ2n) is 15.2. The first-order chi connectivity index (χ1) is 26.3. The van der Waals surface area contributed by atoms with E-state index in [9.17, 15) is 44.7 Å². The molecule has 0 bridgehead atoms. The van der Waals surface area contributed by atoms with Crippen LogP contribution in [0.15, 0.2) is 21.9 Å². The van der Waals surface area contributed by atoms with Crippen LogP contribution in [0.4, 0.5) is 0 Å². The average Bonchev–Trinajstić information content (AvgIpc) is 3.56. The minimum absolute atomic E-state index is 0.186. The molecule has 2 amide bonds. The highest BCUT2D eigenvalue weighted by atomic mass is 16.7. The van der Waals surface area contributed by atoms with Crippen molar-refractivity contribution in [2.24, 2.45) is 5.73 Å². The first kappa shape index (κ1) is 44.9. The fraction of sp³-hybridized carbons (Fsp3) is 0.838. The van der Waals surface area contributed by atoms with Gasteiger partial charge in [0.1, 0.15) is 54.8 Å². The summed E-state index contributed by atoms with van der Waals surface area (Å²) in [4.78, 5) is 56.6. The number of ether oxygens (including phenoxy) is 3. The number of carbonyl (C=O) groups is 2. The Hall–Kier alpha value is -2.78. The molecule has 0 spiro atoms. The predicted octanol–water partition coefficient (Wildman–Crippen LogP) is -1.34. The molecule has 1 aromatic heterocycles. The Bertz CT molecular complexity index is 1460. The van der Waals surface area contributed by atoms with Gasteiger partial charge in [-0.1, -0.05) is 84.0 Å². The molecular formula is C37H64N6O12. The van der Waals surface area contributed by atoms with Crippen LogP contribution in [0.25, 0.3) is 0 Å². The van der Waals surface area contributed by atoms with Gasteiger partial charge in [0.2, 0.25) is 11.8 Å². The smallest absolute Gasteiger partial charge is 0.330 e. The molecule has 1 aromatic rings. The monoisotopic (exact) mass is 784 g/mol. The number of likely N-dealkylation sites (N-methyl/N-ethyl adjacent to an activating group) is 2. The third-order valence-electron chi connectivity index (χ3n) is 11.1. The number of β-amino-alcohol motifs (C(OH)–C–C–N with tert-alkyl or cyclic N) is 1. The van der Waals surface area contributed by atoms with Crippen molar-refractivity contribution in [3.8, 4) is 0 Å². The molecule has 55 heavy (non-hydrogen) atoms. The third kappa shape index (κ3) is 11.4. The van der Waals surface area contributed by atoms with Gasteiger partial charge in [0.15, 0.2) is 12.5 Å². The maximum absolute atomic E-state index is 14.3. The zero-order valence-electron chi connectivity index (χ0n) is 32.4. The van der Waals surface area contributed by atoms with Gasteiger partial charge in [0.25, 0.3) is 5.56 Å². The number of aliphatic hydroxyl groups is 5. The van der Waals surface area contributed by atoms with E-state index in [-0.39, 0.29) is 13.1 Å². The zero-order valence-corrected chi connectivity index (χ0v) is 32.4. The summed E-state index contributed by atoms with van der Waals surface area (Å²) in [7, 11) is 2.83. The predicted molar refractivity (Wildman–Crippen MR) is 200 cm³/mol. The van der Waals surface area contributed by atoms with Crippen molar-refractivity contribution in [3.05, 3.63) is 33.1 Å². The zero-order chi connectivity index (χ0) is 40.2. The molecule has 3 aliphatic heterocycles. The number of unbranched alkanes of at least 4 members (excludes halogenated alkanes) is 12. The van der Waals surface area contributed by atoms with Crippen molar-refractivity contribution in [3.63, 3.8) is 0 Å². The van der Waals surface area contributed by atoms with E-state index in [0.717, 1.165) is 47.4 Å². The first-order valence-electron chi connectivity index (χ1n) is 19.9. The van der Waals surface area contributed by atoms with Gasteiger partial charge in [-0.2, -0.15) is 0 Å². The van der Waals surface area contributed by atoms with Crippen molar-refractivity contribution >= 4 is 11.8 Å². The van der Waals surface area contributed by atoms with Gasteiger partial charge in [0.05, 0.1) is 6.10 Å². The summed E-state index contributed by atoms with van der Waals surface area (Å²) in [6.07, 6.45) is 1.05. The van der Waals surface area contributed by atoms with Gasteiger partial charge in [-0.15, -0.1) is 0 Å². The summed E-state index contributed by atoms with van der Waals surface area (Å²) in [6, 6.07) is -1.71. The fourth-order valence-corrected chi connectivity index (χ4v) is 7.82. The van der Waals surface area contributed by atoms with Crippen molar-refractivity contribution in [2.75, 3.05) is 33.7 Å². The van der Waals surface area contributed by atoms with Crippen LogP contribution in [0.1, 0.15) is 96.6 Å². The molecule has 0 saturated carbocycles. The van der Waals surface area contributed by atoms with E-state index >= 15 is 0 Å². The molecule has 0 aromatic carbocycles. The molecule has 18 nitrogen and oxygen atoms in total. The molecule has 18 heteroatoms. The molecule has 5 unspecified atom stereocenters. The largest absolute Gasteiger partial charge is 0.389 e. The molecule has 12 atom stereocenters. The Morgan fingerprint density at radius 3 is 2.05 bits per heavy atom. The number of hydrogen-bond donors (Lipinski definition) is 8. The first-order valence-corrected chi connectivity index (χ1v) is 19.9. The minimum Gasteiger partial charge on any atom is -0.389 e. The van der Waals surface area contributed by atoms with Crippen LogP contribution in [0.3, 0.4) is 0 Å². The van der Waals surface area contributed by atoms with E-state index in [1.807, 2.05) is 4.98 Å². The number of aromatic amines is 1. The Kier molecular flexibility index (Phi) is 17.7. The van der Waals surface area contributed by atoms with Crippen LogP contribution in [0.2, 0.25) is 0 Å². The number of aliphatic hydroxyl groups excluding tert-OH is 5. The van der Waals surface area contributed by atoms with Crippen molar-refractivity contribution < 1.29 is 49.3 Å². The normalized spacial score (nSPS) is 32.2. The number of amides is 2. The molecule has 0 radical (unpaired) electrons. The second kappa shape index (κ2) is 21.7. The highest BCUT2D eigenvalue weighted by Gasteiger charge is 2.56. The second-order valence-corrected chi connectivity index (χ2v) is 15.2. The van der Waals surface area contributed by atoms with Crippen LogP contribution in [-0.4, -0.2) is 158 Å². The molecule has 3 saturated heterocycles. The number of H-pyrrole nitrogens is 1. The van der Waals surface area contributed by atoms with Gasteiger partial charge in [-0.25, -0.2) is 4.79 Å². The van der Waals surface area contributed by atoms with Gasteiger partial charge < -0.3 is 55.7 Å². The lowest BCUT2D eigenvalue weighted by Gasteiger charge is -2.38. The third-order valence-corrected chi connectivity index (χ3v) is 11.1. The number of aromatic nitrogens is 2. The minimum atomic E-state index is -1.80. The highest BCUT2D eigenvalue weighted by Crippen LogP contribution is 2.36. The standard InChI is InChI=1S/C37H64N6O12/c1-4-5-6-7-8-9-10-11-12-13-14-15-16-18-39-33(50)25-22(44)21-41(2)26(34(51)42(25)3)31(55-36-30(49)27(46)23(20-38)53-36)32-28(47)29(48)35(54-32)43-19-17-24(45)40-37(43)52/h17,19,22-23,25-32,35-36,44,46-49H,4-16,18,20-21,38H2,1-3H3,(H,39,50)(H,40,45,52)/t22-,23+,25?,26?,27+,28-,29+,30+,31-,32?,35?,36?/m0/s1. The van der Waals surface area contributed by atoms with E-state index in [2.05, 4.69) is 12.2 Å². The molecule has 4 heterocycles. The molecule has 4 rings (SSSR count). The molecule has 314 valence electrons. The van der Waals surface area contributed by atoms with Gasteiger partial charge in [0, 0.05) is 38.9 Å². The van der Waals surface area contributed by atoms with Crippen LogP contribution >= 0.6 is 0 Å². The Morgan fingerprint density at radius 1 is 0.891 bits per heavy atom. The number of nitrogens with one attached hydrogen (secondary N) is 2. The molecular weight excluding hydrogens is 720 g/mol. The lowest BCUT2D eigenvalue weighted by Crippen LogP contribution is -2.60. The quantitative estimate of drug-likeness (QED) is 0.0672. The van der Waals surface area contributed by atoms with Crippen LogP contribution < -0.4 is 22.3 Å². The molecule has 3 aliphatic rings. The van der Waals surface area contributed by atoms with Crippen molar-refractivity contribution in [2.45, 2.75) is 164 Å². The summed E-state index contributed by atoms with van der Waals surface area (Å²) < 4.78 is 18.6. The lowest BCUT2D eigenvalue weighted by molar-refractivity contribution is -0.233. The van der Waals surface area contributed by atoms with Crippen molar-refractivity contribution in [1.29, 1.82) is 0 Å².